The Morgan fingerprint density at radius 1 is 1.42 bits per heavy atom. The van der Waals surface area contributed by atoms with Crippen LogP contribution in [0.2, 0.25) is 5.02 Å². The van der Waals surface area contributed by atoms with Crippen molar-refractivity contribution in [2.24, 2.45) is 0 Å². The smallest absolute Gasteiger partial charge is 0.181 e. The molecule has 0 aromatic heterocycles. The molecule has 0 saturated heterocycles. The van der Waals surface area contributed by atoms with E-state index in [0.717, 1.165) is 0 Å². The molecule has 1 aromatic carbocycles. The second-order valence-corrected chi connectivity index (χ2v) is 2.78. The molecule has 12 heavy (non-hydrogen) atoms. The Bertz CT molecular complexity index is 288. The fourth-order valence-corrected chi connectivity index (χ4v) is 0.870. The molecule has 0 aliphatic carbocycles. The summed E-state index contributed by atoms with van der Waals surface area (Å²) >= 11 is 5.66. The second-order valence-electron chi connectivity index (χ2n) is 2.34. The maximum absolute atomic E-state index is 8.45. The van der Waals surface area contributed by atoms with Crippen molar-refractivity contribution in [2.75, 3.05) is 0 Å². The fraction of sp³-hybridized carbons (Fsp3) is 0.222. The van der Waals surface area contributed by atoms with E-state index >= 15 is 0 Å². The number of rotatable bonds is 2. The standard InChI is InChI=1S/C9H8ClNO/c1-7(6-11)12-9-4-2-8(10)3-5-9/h2-5,7H,1H3. The molecule has 0 heterocycles. The highest BCUT2D eigenvalue weighted by Crippen LogP contribution is 2.16. The van der Waals surface area contributed by atoms with Gasteiger partial charge < -0.3 is 4.74 Å². The Hall–Kier alpha value is -1.20. The minimum Gasteiger partial charge on any atom is -0.476 e. The van der Waals surface area contributed by atoms with Gasteiger partial charge in [0.15, 0.2) is 6.10 Å². The number of hydrogen-bond donors (Lipinski definition) is 0. The molecule has 0 saturated carbocycles. The molecular formula is C9H8ClNO. The molecule has 1 rings (SSSR count). The summed E-state index contributed by atoms with van der Waals surface area (Å²) in [6, 6.07) is 8.88. The van der Waals surface area contributed by atoms with E-state index in [2.05, 4.69) is 0 Å². The zero-order valence-corrected chi connectivity index (χ0v) is 7.38. The summed E-state index contributed by atoms with van der Waals surface area (Å²) in [5, 5.41) is 9.11. The molecule has 2 nitrogen and oxygen atoms in total. The number of halogens is 1. The summed E-state index contributed by atoms with van der Waals surface area (Å²) in [4.78, 5) is 0. The summed E-state index contributed by atoms with van der Waals surface area (Å²) in [5.74, 6) is 0.661. The minimum absolute atomic E-state index is 0.425. The van der Waals surface area contributed by atoms with E-state index < -0.39 is 6.10 Å². The second kappa shape index (κ2) is 3.99. The normalized spacial score (nSPS) is 11.8. The molecule has 0 aliphatic heterocycles. The van der Waals surface area contributed by atoms with Crippen molar-refractivity contribution in [3.05, 3.63) is 29.3 Å². The van der Waals surface area contributed by atoms with Crippen molar-refractivity contribution >= 4 is 11.6 Å². The third-order valence-corrected chi connectivity index (χ3v) is 1.56. The van der Waals surface area contributed by atoms with Crippen LogP contribution in [0.25, 0.3) is 0 Å². The predicted octanol–water partition coefficient (Wildman–Crippen LogP) is 2.63. The van der Waals surface area contributed by atoms with Crippen molar-refractivity contribution in [2.45, 2.75) is 13.0 Å². The zero-order valence-electron chi connectivity index (χ0n) is 6.62. The SMILES string of the molecule is CC(C#N)Oc1ccc(Cl)cc1. The van der Waals surface area contributed by atoms with Crippen LogP contribution in [-0.4, -0.2) is 6.10 Å². The lowest BCUT2D eigenvalue weighted by atomic mass is 10.3. The summed E-state index contributed by atoms with van der Waals surface area (Å²) in [6.45, 7) is 1.69. The first kappa shape index (κ1) is 8.89. The van der Waals surface area contributed by atoms with E-state index in [1.54, 1.807) is 31.2 Å². The van der Waals surface area contributed by atoms with Crippen molar-refractivity contribution in [3.63, 3.8) is 0 Å². The molecule has 0 amide bonds. The van der Waals surface area contributed by atoms with Gasteiger partial charge in [0.1, 0.15) is 11.8 Å². The van der Waals surface area contributed by atoms with Crippen LogP contribution < -0.4 is 4.74 Å². The topological polar surface area (TPSA) is 33.0 Å². The van der Waals surface area contributed by atoms with Gasteiger partial charge in [-0.25, -0.2) is 0 Å². The first-order valence-electron chi connectivity index (χ1n) is 3.54. The van der Waals surface area contributed by atoms with Gasteiger partial charge in [-0.2, -0.15) is 5.26 Å². The van der Waals surface area contributed by atoms with Crippen LogP contribution in [0.1, 0.15) is 6.92 Å². The first-order valence-corrected chi connectivity index (χ1v) is 3.92. The van der Waals surface area contributed by atoms with Crippen LogP contribution in [0.15, 0.2) is 24.3 Å². The zero-order chi connectivity index (χ0) is 8.97. The Morgan fingerprint density at radius 3 is 2.50 bits per heavy atom. The van der Waals surface area contributed by atoms with E-state index in [0.29, 0.717) is 10.8 Å². The fourth-order valence-electron chi connectivity index (χ4n) is 0.744. The lowest BCUT2D eigenvalue weighted by Gasteiger charge is -2.06. The predicted molar refractivity (Wildman–Crippen MR) is 47.2 cm³/mol. The van der Waals surface area contributed by atoms with Crippen molar-refractivity contribution in [3.8, 4) is 11.8 Å². The summed E-state index contributed by atoms with van der Waals surface area (Å²) in [5.41, 5.74) is 0. The Balaban J connectivity index is 2.66. The molecule has 0 fully saturated rings. The number of ether oxygens (including phenoxy) is 1. The van der Waals surface area contributed by atoms with Gasteiger partial charge in [-0.15, -0.1) is 0 Å². The van der Waals surface area contributed by atoms with Crippen molar-refractivity contribution in [1.82, 2.24) is 0 Å². The highest BCUT2D eigenvalue weighted by atomic mass is 35.5. The molecule has 3 heteroatoms. The highest BCUT2D eigenvalue weighted by Gasteiger charge is 1.99. The van der Waals surface area contributed by atoms with E-state index in [9.17, 15) is 0 Å². The van der Waals surface area contributed by atoms with Crippen LogP contribution in [0.3, 0.4) is 0 Å². The number of nitrogens with zero attached hydrogens (tertiary/aromatic N) is 1. The third kappa shape index (κ3) is 2.44. The number of nitriles is 1. The molecule has 1 unspecified atom stereocenters. The molecule has 0 radical (unpaired) electrons. The van der Waals surface area contributed by atoms with Crippen LogP contribution in [0.5, 0.6) is 5.75 Å². The summed E-state index contributed by atoms with van der Waals surface area (Å²) < 4.78 is 5.20. The number of benzene rings is 1. The lowest BCUT2D eigenvalue weighted by Crippen LogP contribution is -2.07. The molecule has 0 aliphatic rings. The Morgan fingerprint density at radius 2 is 2.00 bits per heavy atom. The van der Waals surface area contributed by atoms with Crippen LogP contribution in [0, 0.1) is 11.3 Å². The van der Waals surface area contributed by atoms with E-state index in [-0.39, 0.29) is 0 Å². The average molecular weight is 182 g/mol. The molecule has 1 aromatic rings. The molecule has 0 bridgehead atoms. The molecule has 1 atom stereocenters. The van der Waals surface area contributed by atoms with E-state index in [1.807, 2.05) is 6.07 Å². The van der Waals surface area contributed by atoms with Crippen LogP contribution in [0.4, 0.5) is 0 Å². The Labute approximate surface area is 76.3 Å². The van der Waals surface area contributed by atoms with Crippen LogP contribution >= 0.6 is 11.6 Å². The molecule has 0 N–H and O–H groups in total. The maximum Gasteiger partial charge on any atom is 0.181 e. The van der Waals surface area contributed by atoms with Gasteiger partial charge >= 0.3 is 0 Å². The maximum atomic E-state index is 8.45. The highest BCUT2D eigenvalue weighted by molar-refractivity contribution is 6.30. The quantitative estimate of drug-likeness (QED) is 0.703. The van der Waals surface area contributed by atoms with Gasteiger partial charge in [0, 0.05) is 5.02 Å². The van der Waals surface area contributed by atoms with Gasteiger partial charge in [0.05, 0.1) is 0 Å². The minimum atomic E-state index is -0.425. The molecule has 62 valence electrons. The van der Waals surface area contributed by atoms with Crippen molar-refractivity contribution in [1.29, 1.82) is 5.26 Å². The van der Waals surface area contributed by atoms with E-state index in [4.69, 9.17) is 21.6 Å². The summed E-state index contributed by atoms with van der Waals surface area (Å²) in [7, 11) is 0. The molecular weight excluding hydrogens is 174 g/mol. The number of hydrogen-bond acceptors (Lipinski definition) is 2. The lowest BCUT2D eigenvalue weighted by molar-refractivity contribution is 0.276. The summed E-state index contributed by atoms with van der Waals surface area (Å²) in [6.07, 6.45) is -0.425. The van der Waals surface area contributed by atoms with Gasteiger partial charge in [0.25, 0.3) is 0 Å². The van der Waals surface area contributed by atoms with Gasteiger partial charge in [-0.3, -0.25) is 0 Å². The Kier molecular flexibility index (Phi) is 2.95. The van der Waals surface area contributed by atoms with Gasteiger partial charge in [0.2, 0.25) is 0 Å². The molecule has 0 spiro atoms. The third-order valence-electron chi connectivity index (χ3n) is 1.31. The van der Waals surface area contributed by atoms with E-state index in [1.165, 1.54) is 0 Å². The average Bonchev–Trinajstić information content (AvgIpc) is 2.09. The van der Waals surface area contributed by atoms with Gasteiger partial charge in [-0.05, 0) is 31.2 Å². The van der Waals surface area contributed by atoms with Crippen LogP contribution in [-0.2, 0) is 0 Å². The first-order chi connectivity index (χ1) is 5.72. The van der Waals surface area contributed by atoms with Gasteiger partial charge in [-0.1, -0.05) is 11.6 Å². The largest absolute Gasteiger partial charge is 0.476 e. The monoisotopic (exact) mass is 181 g/mol. The van der Waals surface area contributed by atoms with Crippen molar-refractivity contribution < 1.29 is 4.74 Å².